The first kappa shape index (κ1) is 16.7. The molecule has 2 atom stereocenters. The average molecular weight is 316 g/mol. The van der Waals surface area contributed by atoms with Gasteiger partial charge in [-0.15, -0.1) is 0 Å². The van der Waals surface area contributed by atoms with Gasteiger partial charge in [-0.05, 0) is 37.9 Å². The number of nitrogens with two attached hydrogens (primary N) is 1. The van der Waals surface area contributed by atoms with Crippen LogP contribution in [0.1, 0.15) is 18.9 Å². The monoisotopic (exact) mass is 316 g/mol. The van der Waals surface area contributed by atoms with E-state index in [1.165, 1.54) is 0 Å². The van der Waals surface area contributed by atoms with Crippen molar-refractivity contribution in [1.82, 2.24) is 15.2 Å². The smallest absolute Gasteiger partial charge is 0.318 e. The second-order valence-corrected chi connectivity index (χ2v) is 5.57. The number of carbonyl (C=O) groups is 2. The van der Waals surface area contributed by atoms with E-state index in [-0.39, 0.29) is 5.91 Å². The van der Waals surface area contributed by atoms with Crippen molar-refractivity contribution in [3.8, 4) is 6.07 Å². The van der Waals surface area contributed by atoms with E-state index in [4.69, 9.17) is 11.0 Å². The summed E-state index contributed by atoms with van der Waals surface area (Å²) in [6.45, 7) is 3.93. The van der Waals surface area contributed by atoms with Gasteiger partial charge in [0.25, 0.3) is 0 Å². The van der Waals surface area contributed by atoms with Gasteiger partial charge in [0.15, 0.2) is 0 Å². The van der Waals surface area contributed by atoms with Crippen molar-refractivity contribution < 1.29 is 9.59 Å². The van der Waals surface area contributed by atoms with Gasteiger partial charge < -0.3 is 11.1 Å². The normalized spacial score (nSPS) is 18.9. The van der Waals surface area contributed by atoms with Crippen molar-refractivity contribution >= 4 is 17.8 Å². The Balaban J connectivity index is 1.85. The van der Waals surface area contributed by atoms with E-state index in [1.807, 2.05) is 4.90 Å². The molecule has 1 aliphatic heterocycles. The van der Waals surface area contributed by atoms with Gasteiger partial charge in [-0.1, -0.05) is 0 Å². The standard InChI is InChI=1S/C15H20N6O2/c1-10(14(22)20-15(17)23)21-6-4-11(9-21)8-19-13-12(7-16)3-2-5-18-13/h2-3,5,10-11H,4,6,8-9H2,1H3,(H,18,19)(H3,17,20,22,23)/t10-,11+/m1/s1. The molecule has 0 saturated carbocycles. The Morgan fingerprint density at radius 2 is 2.39 bits per heavy atom. The summed E-state index contributed by atoms with van der Waals surface area (Å²) < 4.78 is 0. The first-order valence-electron chi connectivity index (χ1n) is 7.44. The summed E-state index contributed by atoms with van der Waals surface area (Å²) in [5.74, 6) is 0.531. The van der Waals surface area contributed by atoms with Crippen LogP contribution >= 0.6 is 0 Å². The number of nitrogens with one attached hydrogen (secondary N) is 2. The molecule has 1 aromatic heterocycles. The third-order valence-electron chi connectivity index (χ3n) is 3.98. The fraction of sp³-hybridized carbons (Fsp3) is 0.467. The number of primary amides is 1. The van der Waals surface area contributed by atoms with Gasteiger partial charge in [-0.25, -0.2) is 9.78 Å². The Bertz CT molecular complexity index is 627. The second kappa shape index (κ2) is 7.56. The summed E-state index contributed by atoms with van der Waals surface area (Å²) in [6, 6.07) is 4.30. The van der Waals surface area contributed by atoms with Crippen LogP contribution in [0, 0.1) is 17.2 Å². The summed E-state index contributed by atoms with van der Waals surface area (Å²) in [4.78, 5) is 28.7. The van der Waals surface area contributed by atoms with Gasteiger partial charge in [0.2, 0.25) is 5.91 Å². The van der Waals surface area contributed by atoms with Crippen LogP contribution in [0.4, 0.5) is 10.6 Å². The summed E-state index contributed by atoms with van der Waals surface area (Å²) in [5, 5.41) is 14.3. The summed E-state index contributed by atoms with van der Waals surface area (Å²) in [6.07, 6.45) is 2.57. The molecule has 0 radical (unpaired) electrons. The van der Waals surface area contributed by atoms with Crippen molar-refractivity contribution in [2.24, 2.45) is 11.7 Å². The van der Waals surface area contributed by atoms with Gasteiger partial charge >= 0.3 is 6.03 Å². The largest absolute Gasteiger partial charge is 0.369 e. The molecule has 1 saturated heterocycles. The van der Waals surface area contributed by atoms with Gasteiger partial charge in [-0.3, -0.25) is 15.0 Å². The molecular weight excluding hydrogens is 296 g/mol. The van der Waals surface area contributed by atoms with E-state index in [0.717, 1.165) is 19.5 Å². The molecule has 2 rings (SSSR count). The minimum atomic E-state index is -0.835. The van der Waals surface area contributed by atoms with Crippen LogP contribution in [0.2, 0.25) is 0 Å². The molecule has 0 bridgehead atoms. The summed E-state index contributed by atoms with van der Waals surface area (Å²) in [5.41, 5.74) is 5.47. The van der Waals surface area contributed by atoms with Crippen LogP contribution in [0.15, 0.2) is 18.3 Å². The Kier molecular flexibility index (Phi) is 5.49. The lowest BCUT2D eigenvalue weighted by atomic mass is 10.1. The predicted octanol–water partition coefficient (Wildman–Crippen LogP) is 0.270. The van der Waals surface area contributed by atoms with Gasteiger partial charge in [0.05, 0.1) is 11.6 Å². The zero-order valence-electron chi connectivity index (χ0n) is 13.0. The number of rotatable bonds is 5. The fourth-order valence-electron chi connectivity index (χ4n) is 2.65. The van der Waals surface area contributed by atoms with Crippen LogP contribution < -0.4 is 16.4 Å². The number of anilines is 1. The minimum absolute atomic E-state index is 0.340. The van der Waals surface area contributed by atoms with Crippen LogP contribution in [-0.2, 0) is 4.79 Å². The van der Waals surface area contributed by atoms with E-state index in [1.54, 1.807) is 25.3 Å². The maximum Gasteiger partial charge on any atom is 0.318 e. The Morgan fingerprint density at radius 3 is 3.09 bits per heavy atom. The molecule has 0 aliphatic carbocycles. The van der Waals surface area contributed by atoms with E-state index < -0.39 is 12.1 Å². The number of carbonyl (C=O) groups excluding carboxylic acids is 2. The highest BCUT2D eigenvalue weighted by Crippen LogP contribution is 2.20. The maximum atomic E-state index is 11.8. The molecule has 0 spiro atoms. The molecule has 1 aromatic rings. The molecule has 2 heterocycles. The minimum Gasteiger partial charge on any atom is -0.369 e. The highest BCUT2D eigenvalue weighted by molar-refractivity contribution is 5.96. The molecule has 1 fully saturated rings. The Labute approximate surface area is 134 Å². The van der Waals surface area contributed by atoms with Crippen LogP contribution in [-0.4, -0.2) is 47.5 Å². The number of amides is 3. The number of hydrogen-bond donors (Lipinski definition) is 3. The number of urea groups is 1. The van der Waals surface area contributed by atoms with Crippen LogP contribution in [0.3, 0.4) is 0 Å². The number of imide groups is 1. The van der Waals surface area contributed by atoms with E-state index in [9.17, 15) is 9.59 Å². The van der Waals surface area contributed by atoms with Crippen molar-refractivity contribution in [3.05, 3.63) is 23.9 Å². The van der Waals surface area contributed by atoms with Crippen molar-refractivity contribution in [2.75, 3.05) is 25.0 Å². The second-order valence-electron chi connectivity index (χ2n) is 5.57. The third kappa shape index (κ3) is 4.40. The molecule has 8 heteroatoms. The first-order valence-corrected chi connectivity index (χ1v) is 7.44. The van der Waals surface area contributed by atoms with Crippen LogP contribution in [0.25, 0.3) is 0 Å². The number of nitriles is 1. The van der Waals surface area contributed by atoms with Crippen molar-refractivity contribution in [3.63, 3.8) is 0 Å². The van der Waals surface area contributed by atoms with E-state index in [2.05, 4.69) is 21.7 Å². The summed E-state index contributed by atoms with van der Waals surface area (Å²) in [7, 11) is 0. The summed E-state index contributed by atoms with van der Waals surface area (Å²) >= 11 is 0. The molecule has 122 valence electrons. The van der Waals surface area contributed by atoms with Crippen molar-refractivity contribution in [1.29, 1.82) is 5.26 Å². The number of likely N-dealkylation sites (tertiary alicyclic amines) is 1. The fourth-order valence-corrected chi connectivity index (χ4v) is 2.65. The SMILES string of the molecule is C[C@H](C(=O)NC(N)=O)N1CC[C@@H](CNc2ncccc2C#N)C1. The lowest BCUT2D eigenvalue weighted by molar-refractivity contribution is -0.124. The predicted molar refractivity (Wildman–Crippen MR) is 84.3 cm³/mol. The lowest BCUT2D eigenvalue weighted by Crippen LogP contribution is -2.47. The highest BCUT2D eigenvalue weighted by atomic mass is 16.2. The van der Waals surface area contributed by atoms with E-state index in [0.29, 0.717) is 23.8 Å². The molecule has 4 N–H and O–H groups in total. The molecule has 23 heavy (non-hydrogen) atoms. The molecule has 8 nitrogen and oxygen atoms in total. The number of hydrogen-bond acceptors (Lipinski definition) is 6. The van der Waals surface area contributed by atoms with Crippen LogP contribution in [0.5, 0.6) is 0 Å². The number of nitrogens with zero attached hydrogens (tertiary/aromatic N) is 3. The van der Waals surface area contributed by atoms with Gasteiger partial charge in [0, 0.05) is 19.3 Å². The topological polar surface area (TPSA) is 124 Å². The van der Waals surface area contributed by atoms with Gasteiger partial charge in [-0.2, -0.15) is 5.26 Å². The lowest BCUT2D eigenvalue weighted by Gasteiger charge is -2.22. The van der Waals surface area contributed by atoms with Crippen molar-refractivity contribution in [2.45, 2.75) is 19.4 Å². The molecule has 0 unspecified atom stereocenters. The zero-order valence-corrected chi connectivity index (χ0v) is 13.0. The maximum absolute atomic E-state index is 11.8. The average Bonchev–Trinajstić information content (AvgIpc) is 3.00. The van der Waals surface area contributed by atoms with E-state index >= 15 is 0 Å². The third-order valence-corrected chi connectivity index (χ3v) is 3.98. The quantitative estimate of drug-likeness (QED) is 0.716. The molecular formula is C15H20N6O2. The number of pyridine rings is 1. The molecule has 3 amide bonds. The Hall–Kier alpha value is -2.66. The highest BCUT2D eigenvalue weighted by Gasteiger charge is 2.30. The van der Waals surface area contributed by atoms with Gasteiger partial charge in [0.1, 0.15) is 11.9 Å². The zero-order chi connectivity index (χ0) is 16.8. The molecule has 1 aliphatic rings. The first-order chi connectivity index (χ1) is 11.0. The molecule has 0 aromatic carbocycles. The number of aromatic nitrogens is 1. The Morgan fingerprint density at radius 1 is 1.61 bits per heavy atom.